The first-order chi connectivity index (χ1) is 7.15. The minimum atomic E-state index is -0.769. The van der Waals surface area contributed by atoms with E-state index in [0.29, 0.717) is 12.1 Å². The van der Waals surface area contributed by atoms with E-state index in [0.717, 1.165) is 18.4 Å². The molecule has 1 aromatic rings. The van der Waals surface area contributed by atoms with Gasteiger partial charge in [0.2, 0.25) is 0 Å². The van der Waals surface area contributed by atoms with E-state index in [1.54, 1.807) is 18.2 Å². The van der Waals surface area contributed by atoms with Gasteiger partial charge in [0.15, 0.2) is 0 Å². The molecule has 0 bridgehead atoms. The molecule has 0 amide bonds. The van der Waals surface area contributed by atoms with Crippen LogP contribution in [-0.4, -0.2) is 11.1 Å². The normalized spacial score (nSPS) is 12.3. The second-order valence-corrected chi connectivity index (χ2v) is 3.70. The second kappa shape index (κ2) is 5.39. The Morgan fingerprint density at radius 1 is 1.53 bits per heavy atom. The zero-order valence-corrected chi connectivity index (χ0v) is 8.94. The Balaban J connectivity index is 2.84. The summed E-state index contributed by atoms with van der Waals surface area (Å²) in [6, 6.07) is 7.13. The number of carboxylic acid groups (broad SMARTS) is 1. The number of hydrogen-bond acceptors (Lipinski definition) is 2. The number of aliphatic carboxylic acids is 1. The Bertz CT molecular complexity index is 336. The number of carbonyl (C=O) groups is 1. The van der Waals surface area contributed by atoms with Gasteiger partial charge in [0, 0.05) is 5.69 Å². The smallest absolute Gasteiger partial charge is 0.310 e. The van der Waals surface area contributed by atoms with Gasteiger partial charge in [0.05, 0.1) is 5.92 Å². The van der Waals surface area contributed by atoms with E-state index in [2.05, 4.69) is 6.92 Å². The minimum Gasteiger partial charge on any atom is -0.481 e. The number of hydrogen-bond donors (Lipinski definition) is 2. The van der Waals surface area contributed by atoms with Gasteiger partial charge in [-0.25, -0.2) is 0 Å². The summed E-state index contributed by atoms with van der Waals surface area (Å²) in [5.74, 6) is -1.19. The molecule has 3 nitrogen and oxygen atoms in total. The van der Waals surface area contributed by atoms with Gasteiger partial charge in [0.25, 0.3) is 0 Å². The van der Waals surface area contributed by atoms with Crippen molar-refractivity contribution in [2.24, 2.45) is 0 Å². The van der Waals surface area contributed by atoms with E-state index in [1.807, 2.05) is 6.07 Å². The molecule has 3 N–H and O–H groups in total. The van der Waals surface area contributed by atoms with Crippen molar-refractivity contribution in [1.29, 1.82) is 0 Å². The largest absolute Gasteiger partial charge is 0.481 e. The van der Waals surface area contributed by atoms with Gasteiger partial charge in [-0.3, -0.25) is 4.79 Å². The summed E-state index contributed by atoms with van der Waals surface area (Å²) in [6.07, 6.45) is 2.60. The lowest BCUT2D eigenvalue weighted by atomic mass is 9.93. The maximum atomic E-state index is 11.1. The second-order valence-electron chi connectivity index (χ2n) is 3.70. The van der Waals surface area contributed by atoms with Crippen LogP contribution in [0.15, 0.2) is 24.3 Å². The Hall–Kier alpha value is -1.51. The van der Waals surface area contributed by atoms with Gasteiger partial charge in [-0.2, -0.15) is 0 Å². The summed E-state index contributed by atoms with van der Waals surface area (Å²) in [7, 11) is 0. The van der Waals surface area contributed by atoms with Crippen molar-refractivity contribution in [2.75, 3.05) is 5.73 Å². The van der Waals surface area contributed by atoms with Gasteiger partial charge in [-0.1, -0.05) is 31.9 Å². The molecule has 1 rings (SSSR count). The monoisotopic (exact) mass is 207 g/mol. The van der Waals surface area contributed by atoms with E-state index in [9.17, 15) is 4.79 Å². The number of rotatable bonds is 5. The number of unbranched alkanes of at least 4 members (excludes halogenated alkanes) is 1. The average Bonchev–Trinajstić information content (AvgIpc) is 2.18. The standard InChI is InChI=1S/C12H17NO2/c1-2-3-7-11(12(14)15)9-5-4-6-10(13)8-9/h4-6,8,11H,2-3,7,13H2,1H3,(H,14,15). The molecule has 82 valence electrons. The fraction of sp³-hybridized carbons (Fsp3) is 0.417. The first-order valence-electron chi connectivity index (χ1n) is 5.23. The predicted octanol–water partition coefficient (Wildman–Crippen LogP) is 2.63. The SMILES string of the molecule is CCCCC(C(=O)O)c1cccc(N)c1. The Labute approximate surface area is 89.9 Å². The Morgan fingerprint density at radius 3 is 2.80 bits per heavy atom. The van der Waals surface area contributed by atoms with E-state index in [4.69, 9.17) is 10.8 Å². The topological polar surface area (TPSA) is 63.3 Å². The van der Waals surface area contributed by atoms with Crippen LogP contribution in [0.5, 0.6) is 0 Å². The molecule has 3 heteroatoms. The first kappa shape index (κ1) is 11.6. The summed E-state index contributed by atoms with van der Waals surface area (Å²) in [4.78, 5) is 11.1. The number of nitrogen functional groups attached to an aromatic ring is 1. The fourth-order valence-corrected chi connectivity index (χ4v) is 1.62. The van der Waals surface area contributed by atoms with Crippen molar-refractivity contribution in [3.8, 4) is 0 Å². The highest BCUT2D eigenvalue weighted by molar-refractivity contribution is 5.76. The van der Waals surface area contributed by atoms with Crippen LogP contribution in [0, 0.1) is 0 Å². The van der Waals surface area contributed by atoms with Crippen molar-refractivity contribution in [1.82, 2.24) is 0 Å². The number of carboxylic acids is 1. The fourth-order valence-electron chi connectivity index (χ4n) is 1.62. The molecule has 0 spiro atoms. The van der Waals surface area contributed by atoms with Crippen LogP contribution >= 0.6 is 0 Å². The van der Waals surface area contributed by atoms with E-state index >= 15 is 0 Å². The summed E-state index contributed by atoms with van der Waals surface area (Å²) in [6.45, 7) is 2.05. The molecular formula is C12H17NO2. The molecule has 0 fully saturated rings. The molecule has 0 aliphatic carbocycles. The van der Waals surface area contributed by atoms with Gasteiger partial charge >= 0.3 is 5.97 Å². The lowest BCUT2D eigenvalue weighted by Crippen LogP contribution is -2.11. The minimum absolute atomic E-state index is 0.423. The van der Waals surface area contributed by atoms with E-state index < -0.39 is 11.9 Å². The van der Waals surface area contributed by atoms with Crippen LogP contribution in [0.3, 0.4) is 0 Å². The summed E-state index contributed by atoms with van der Waals surface area (Å²) in [5, 5.41) is 9.10. The Kier molecular flexibility index (Phi) is 4.16. The molecule has 1 aromatic carbocycles. The average molecular weight is 207 g/mol. The summed E-state index contributed by atoms with van der Waals surface area (Å²) >= 11 is 0. The maximum Gasteiger partial charge on any atom is 0.310 e. The molecule has 0 saturated heterocycles. The number of nitrogens with two attached hydrogens (primary N) is 1. The Morgan fingerprint density at radius 2 is 2.27 bits per heavy atom. The van der Waals surface area contributed by atoms with Crippen LogP contribution in [0.2, 0.25) is 0 Å². The molecule has 1 unspecified atom stereocenters. The van der Waals surface area contributed by atoms with Gasteiger partial charge < -0.3 is 10.8 Å². The van der Waals surface area contributed by atoms with Crippen molar-refractivity contribution < 1.29 is 9.90 Å². The molecule has 0 radical (unpaired) electrons. The van der Waals surface area contributed by atoms with E-state index in [-0.39, 0.29) is 0 Å². The highest BCUT2D eigenvalue weighted by atomic mass is 16.4. The highest BCUT2D eigenvalue weighted by Gasteiger charge is 2.18. The molecule has 0 saturated carbocycles. The maximum absolute atomic E-state index is 11.1. The van der Waals surface area contributed by atoms with Gasteiger partial charge in [-0.15, -0.1) is 0 Å². The van der Waals surface area contributed by atoms with Gasteiger partial charge in [-0.05, 0) is 24.1 Å². The van der Waals surface area contributed by atoms with Crippen molar-refractivity contribution >= 4 is 11.7 Å². The van der Waals surface area contributed by atoms with Crippen molar-refractivity contribution in [3.05, 3.63) is 29.8 Å². The molecule has 1 atom stereocenters. The lowest BCUT2D eigenvalue weighted by Gasteiger charge is -2.12. The molecule has 15 heavy (non-hydrogen) atoms. The highest BCUT2D eigenvalue weighted by Crippen LogP contribution is 2.23. The van der Waals surface area contributed by atoms with Crippen LogP contribution in [-0.2, 0) is 4.79 Å². The zero-order valence-electron chi connectivity index (χ0n) is 8.94. The van der Waals surface area contributed by atoms with Crippen LogP contribution < -0.4 is 5.73 Å². The van der Waals surface area contributed by atoms with Gasteiger partial charge in [0.1, 0.15) is 0 Å². The quantitative estimate of drug-likeness (QED) is 0.729. The zero-order chi connectivity index (χ0) is 11.3. The summed E-state index contributed by atoms with van der Waals surface area (Å²) in [5.41, 5.74) is 7.05. The van der Waals surface area contributed by atoms with Crippen molar-refractivity contribution in [2.45, 2.75) is 32.1 Å². The molecule has 0 aliphatic heterocycles. The third-order valence-electron chi connectivity index (χ3n) is 2.46. The third kappa shape index (κ3) is 3.27. The first-order valence-corrected chi connectivity index (χ1v) is 5.23. The van der Waals surface area contributed by atoms with E-state index in [1.165, 1.54) is 0 Å². The van der Waals surface area contributed by atoms with Crippen molar-refractivity contribution in [3.63, 3.8) is 0 Å². The number of anilines is 1. The summed E-state index contributed by atoms with van der Waals surface area (Å²) < 4.78 is 0. The molecule has 0 aliphatic rings. The molecule has 0 aromatic heterocycles. The predicted molar refractivity (Wildman–Crippen MR) is 60.8 cm³/mol. The molecule has 0 heterocycles. The van der Waals surface area contributed by atoms with Crippen LogP contribution in [0.25, 0.3) is 0 Å². The van der Waals surface area contributed by atoms with Crippen LogP contribution in [0.1, 0.15) is 37.7 Å². The number of benzene rings is 1. The van der Waals surface area contributed by atoms with Crippen LogP contribution in [0.4, 0.5) is 5.69 Å². The third-order valence-corrected chi connectivity index (χ3v) is 2.46. The lowest BCUT2D eigenvalue weighted by molar-refractivity contribution is -0.139. The molecular weight excluding hydrogens is 190 g/mol.